The molecular formula is C17H20O2. The van der Waals surface area contributed by atoms with E-state index in [2.05, 4.69) is 26.2 Å². The molecule has 0 aliphatic carbocycles. The number of carbonyl (C=O) groups is 1. The summed E-state index contributed by atoms with van der Waals surface area (Å²) in [5, 5.41) is 0. The molecule has 2 nitrogen and oxygen atoms in total. The molecule has 0 atom stereocenters. The van der Waals surface area contributed by atoms with Crippen LogP contribution in [0.15, 0.2) is 49.6 Å². The Hall–Kier alpha value is -2.09. The lowest BCUT2D eigenvalue weighted by molar-refractivity contribution is -0.131. The van der Waals surface area contributed by atoms with E-state index >= 15 is 0 Å². The van der Waals surface area contributed by atoms with Gasteiger partial charge in [-0.2, -0.15) is 0 Å². The average Bonchev–Trinajstić information content (AvgIpc) is 2.38. The van der Waals surface area contributed by atoms with E-state index in [0.29, 0.717) is 5.75 Å². The maximum Gasteiger partial charge on any atom is 0.308 e. The zero-order valence-corrected chi connectivity index (χ0v) is 11.6. The fraction of sp³-hybridized carbons (Fsp3) is 0.235. The van der Waals surface area contributed by atoms with Gasteiger partial charge < -0.3 is 4.74 Å². The Balaban J connectivity index is 3.31. The van der Waals surface area contributed by atoms with E-state index in [1.54, 1.807) is 6.08 Å². The van der Waals surface area contributed by atoms with Crippen LogP contribution in [0.4, 0.5) is 0 Å². The van der Waals surface area contributed by atoms with E-state index in [1.807, 2.05) is 24.3 Å². The Morgan fingerprint density at radius 2 is 2.11 bits per heavy atom. The molecule has 1 rings (SSSR count). The van der Waals surface area contributed by atoms with Gasteiger partial charge in [-0.15, -0.1) is 6.58 Å². The van der Waals surface area contributed by atoms with Gasteiger partial charge in [-0.1, -0.05) is 37.8 Å². The molecule has 0 saturated heterocycles. The summed E-state index contributed by atoms with van der Waals surface area (Å²) in [7, 11) is 0. The van der Waals surface area contributed by atoms with Gasteiger partial charge in [0.05, 0.1) is 0 Å². The van der Waals surface area contributed by atoms with E-state index in [0.717, 1.165) is 29.5 Å². The molecule has 0 heterocycles. The van der Waals surface area contributed by atoms with E-state index in [1.165, 1.54) is 6.92 Å². The monoisotopic (exact) mass is 256 g/mol. The van der Waals surface area contributed by atoms with E-state index in [9.17, 15) is 4.79 Å². The maximum absolute atomic E-state index is 11.2. The minimum absolute atomic E-state index is 0.322. The van der Waals surface area contributed by atoms with Crippen molar-refractivity contribution in [2.24, 2.45) is 0 Å². The molecule has 0 amide bonds. The average molecular weight is 256 g/mol. The third kappa shape index (κ3) is 4.25. The van der Waals surface area contributed by atoms with Crippen LogP contribution >= 0.6 is 0 Å². The first-order valence-corrected chi connectivity index (χ1v) is 6.37. The predicted octanol–water partition coefficient (Wildman–Crippen LogP) is 4.32. The first-order chi connectivity index (χ1) is 9.12. The lowest BCUT2D eigenvalue weighted by Crippen LogP contribution is -2.04. The highest BCUT2D eigenvalue weighted by Gasteiger charge is 2.09. The van der Waals surface area contributed by atoms with Crippen LogP contribution in [0.1, 0.15) is 31.4 Å². The lowest BCUT2D eigenvalue weighted by Gasteiger charge is -2.11. The van der Waals surface area contributed by atoms with Gasteiger partial charge >= 0.3 is 5.97 Å². The van der Waals surface area contributed by atoms with Gasteiger partial charge in [0.2, 0.25) is 0 Å². The molecule has 100 valence electrons. The molecule has 1 aromatic rings. The molecule has 0 fully saturated rings. The van der Waals surface area contributed by atoms with Crippen molar-refractivity contribution in [3.8, 4) is 5.75 Å². The van der Waals surface area contributed by atoms with E-state index in [4.69, 9.17) is 4.74 Å². The largest absolute Gasteiger partial charge is 0.426 e. The number of ether oxygens (including phenoxy) is 1. The van der Waals surface area contributed by atoms with Crippen LogP contribution in [0.3, 0.4) is 0 Å². The second-order valence-corrected chi connectivity index (χ2v) is 4.19. The van der Waals surface area contributed by atoms with Crippen LogP contribution in [0, 0.1) is 0 Å². The van der Waals surface area contributed by atoms with Crippen molar-refractivity contribution >= 4 is 11.5 Å². The standard InChI is InChI=1S/C17H20O2/c1-5-8-14-10-11-17(19-13(4)18)16(12-14)15(7-3)9-6-2/h5,7,9-12H,1,3,6,8H2,2,4H3/b15-9+. The highest BCUT2D eigenvalue weighted by Crippen LogP contribution is 2.29. The van der Waals surface area contributed by atoms with Crippen LogP contribution in [0.25, 0.3) is 5.57 Å². The molecule has 2 heteroatoms. The van der Waals surface area contributed by atoms with Crippen molar-refractivity contribution in [1.29, 1.82) is 0 Å². The Morgan fingerprint density at radius 1 is 1.37 bits per heavy atom. The minimum atomic E-state index is -0.322. The number of rotatable bonds is 6. The number of esters is 1. The maximum atomic E-state index is 11.2. The van der Waals surface area contributed by atoms with Gasteiger partial charge in [0.15, 0.2) is 0 Å². The normalized spacial score (nSPS) is 10.9. The van der Waals surface area contributed by atoms with Gasteiger partial charge in [0.1, 0.15) is 5.75 Å². The van der Waals surface area contributed by atoms with Gasteiger partial charge in [-0.3, -0.25) is 4.79 Å². The Labute approximate surface area is 115 Å². The Morgan fingerprint density at radius 3 is 2.63 bits per heavy atom. The van der Waals surface area contributed by atoms with Gasteiger partial charge in [0, 0.05) is 12.5 Å². The summed E-state index contributed by atoms with van der Waals surface area (Å²) < 4.78 is 5.25. The second-order valence-electron chi connectivity index (χ2n) is 4.19. The molecule has 1 aromatic carbocycles. The smallest absolute Gasteiger partial charge is 0.308 e. The molecule has 0 saturated carbocycles. The first-order valence-electron chi connectivity index (χ1n) is 6.37. The van der Waals surface area contributed by atoms with Crippen LogP contribution in [-0.4, -0.2) is 5.97 Å². The SMILES string of the molecule is C=CCc1ccc(OC(C)=O)c(/C(C=C)=C/CC)c1. The van der Waals surface area contributed by atoms with Gasteiger partial charge in [-0.25, -0.2) is 0 Å². The first kappa shape index (κ1) is 15.0. The second kappa shape index (κ2) is 7.37. The molecule has 0 bridgehead atoms. The van der Waals surface area contributed by atoms with E-state index < -0.39 is 0 Å². The fourth-order valence-electron chi connectivity index (χ4n) is 1.86. The number of benzene rings is 1. The Bertz CT molecular complexity index is 510. The highest BCUT2D eigenvalue weighted by atomic mass is 16.5. The number of carbonyl (C=O) groups excluding carboxylic acids is 1. The summed E-state index contributed by atoms with van der Waals surface area (Å²) in [6, 6.07) is 5.78. The van der Waals surface area contributed by atoms with Crippen molar-refractivity contribution in [1.82, 2.24) is 0 Å². The zero-order valence-electron chi connectivity index (χ0n) is 11.6. The van der Waals surface area contributed by atoms with Gasteiger partial charge in [-0.05, 0) is 36.1 Å². The lowest BCUT2D eigenvalue weighted by atomic mass is 9.99. The number of allylic oxidation sites excluding steroid dienone is 4. The van der Waals surface area contributed by atoms with Crippen molar-refractivity contribution in [3.63, 3.8) is 0 Å². The van der Waals surface area contributed by atoms with Crippen molar-refractivity contribution in [2.75, 3.05) is 0 Å². The summed E-state index contributed by atoms with van der Waals surface area (Å²) >= 11 is 0. The van der Waals surface area contributed by atoms with Crippen molar-refractivity contribution in [3.05, 3.63) is 60.7 Å². The summed E-state index contributed by atoms with van der Waals surface area (Å²) in [5.41, 5.74) is 3.00. The fourth-order valence-corrected chi connectivity index (χ4v) is 1.86. The molecule has 0 unspecified atom stereocenters. The molecule has 0 aromatic heterocycles. The van der Waals surface area contributed by atoms with Crippen molar-refractivity contribution in [2.45, 2.75) is 26.7 Å². The van der Waals surface area contributed by atoms with Crippen molar-refractivity contribution < 1.29 is 9.53 Å². The van der Waals surface area contributed by atoms with Crippen LogP contribution in [0.5, 0.6) is 5.75 Å². The zero-order chi connectivity index (χ0) is 14.3. The van der Waals surface area contributed by atoms with Crippen LogP contribution in [0.2, 0.25) is 0 Å². The summed E-state index contributed by atoms with van der Waals surface area (Å²) in [4.78, 5) is 11.2. The van der Waals surface area contributed by atoms with Crippen LogP contribution < -0.4 is 4.74 Å². The third-order valence-electron chi connectivity index (χ3n) is 2.63. The Kier molecular flexibility index (Phi) is 5.80. The molecule has 0 spiro atoms. The molecule has 0 aliphatic heterocycles. The molecule has 0 N–H and O–H groups in total. The topological polar surface area (TPSA) is 26.3 Å². The number of hydrogen-bond acceptors (Lipinski definition) is 2. The summed E-state index contributed by atoms with van der Waals surface area (Å²) in [5.74, 6) is 0.248. The molecule has 19 heavy (non-hydrogen) atoms. The molecule has 0 aliphatic rings. The molecular weight excluding hydrogens is 236 g/mol. The number of hydrogen-bond donors (Lipinski definition) is 0. The third-order valence-corrected chi connectivity index (χ3v) is 2.63. The highest BCUT2D eigenvalue weighted by molar-refractivity contribution is 5.80. The summed E-state index contributed by atoms with van der Waals surface area (Å²) in [6.07, 6.45) is 7.37. The summed E-state index contributed by atoms with van der Waals surface area (Å²) in [6.45, 7) is 11.0. The molecule has 0 radical (unpaired) electrons. The predicted molar refractivity (Wildman–Crippen MR) is 80.1 cm³/mol. The van der Waals surface area contributed by atoms with Crippen LogP contribution in [-0.2, 0) is 11.2 Å². The quantitative estimate of drug-likeness (QED) is 0.328. The van der Waals surface area contributed by atoms with Gasteiger partial charge in [0.25, 0.3) is 0 Å². The van der Waals surface area contributed by atoms with E-state index in [-0.39, 0.29) is 5.97 Å². The minimum Gasteiger partial charge on any atom is -0.426 e.